The molecule has 0 radical (unpaired) electrons. The fourth-order valence-electron chi connectivity index (χ4n) is 4.96. The Labute approximate surface area is 235 Å². The molecule has 0 bridgehead atoms. The van der Waals surface area contributed by atoms with E-state index in [9.17, 15) is 4.79 Å². The summed E-state index contributed by atoms with van der Waals surface area (Å²) in [7, 11) is 0. The average molecular weight is 575 g/mol. The molecular formula is C32H64BrNO2. The van der Waals surface area contributed by atoms with Crippen LogP contribution in [-0.2, 0) is 9.53 Å². The van der Waals surface area contributed by atoms with Crippen LogP contribution >= 0.6 is 15.9 Å². The minimum atomic E-state index is 0.0291. The first-order chi connectivity index (χ1) is 17.7. The van der Waals surface area contributed by atoms with Crippen LogP contribution in [0.1, 0.15) is 162 Å². The highest BCUT2D eigenvalue weighted by molar-refractivity contribution is 9.09. The largest absolute Gasteiger partial charge is 0.465 e. The Bertz CT molecular complexity index is 446. The number of rotatable bonds is 29. The molecule has 0 aliphatic carbocycles. The lowest BCUT2D eigenvalue weighted by atomic mass is 9.96. The minimum absolute atomic E-state index is 0.0291. The van der Waals surface area contributed by atoms with Gasteiger partial charge in [-0.2, -0.15) is 0 Å². The van der Waals surface area contributed by atoms with Crippen LogP contribution in [0.2, 0.25) is 0 Å². The number of ether oxygens (including phenoxy) is 1. The molecule has 0 aromatic heterocycles. The van der Waals surface area contributed by atoms with Gasteiger partial charge in [-0.3, -0.25) is 4.79 Å². The van der Waals surface area contributed by atoms with Crippen LogP contribution in [-0.4, -0.2) is 42.4 Å². The van der Waals surface area contributed by atoms with Gasteiger partial charge in [-0.05, 0) is 70.5 Å². The Morgan fingerprint density at radius 1 is 0.611 bits per heavy atom. The SMILES string of the molecule is CCCCCCC(CCCC)COC(=O)CCCCCN(CCCCCC)CCCCCCCCBr. The van der Waals surface area contributed by atoms with Crippen molar-refractivity contribution in [3.05, 3.63) is 0 Å². The number of alkyl halides is 1. The lowest BCUT2D eigenvalue weighted by Gasteiger charge is -2.22. The van der Waals surface area contributed by atoms with Gasteiger partial charge in [-0.15, -0.1) is 0 Å². The predicted molar refractivity (Wildman–Crippen MR) is 163 cm³/mol. The van der Waals surface area contributed by atoms with Crippen LogP contribution in [0, 0.1) is 5.92 Å². The average Bonchev–Trinajstić information content (AvgIpc) is 2.88. The lowest BCUT2D eigenvalue weighted by Crippen LogP contribution is -2.27. The van der Waals surface area contributed by atoms with Gasteiger partial charge >= 0.3 is 5.97 Å². The topological polar surface area (TPSA) is 29.5 Å². The molecule has 36 heavy (non-hydrogen) atoms. The molecule has 0 spiro atoms. The first-order valence-corrected chi connectivity index (χ1v) is 17.2. The van der Waals surface area contributed by atoms with Crippen molar-refractivity contribution in [3.8, 4) is 0 Å². The van der Waals surface area contributed by atoms with E-state index in [-0.39, 0.29) is 5.97 Å². The molecule has 0 aromatic rings. The smallest absolute Gasteiger partial charge is 0.305 e. The van der Waals surface area contributed by atoms with Gasteiger partial charge in [0.15, 0.2) is 0 Å². The minimum Gasteiger partial charge on any atom is -0.465 e. The van der Waals surface area contributed by atoms with Gasteiger partial charge in [0.25, 0.3) is 0 Å². The van der Waals surface area contributed by atoms with Gasteiger partial charge < -0.3 is 9.64 Å². The Morgan fingerprint density at radius 2 is 1.08 bits per heavy atom. The molecule has 0 amide bonds. The molecule has 0 saturated carbocycles. The van der Waals surface area contributed by atoms with E-state index in [4.69, 9.17) is 4.74 Å². The standard InChI is InChI=1S/C32H64BrNO2/c1-4-7-10-17-24-31(23-9-6-3)30-36-32(35)25-18-16-22-29-34(27-20-11-8-5-2)28-21-15-13-12-14-19-26-33/h31H,4-30H2,1-3H3. The summed E-state index contributed by atoms with van der Waals surface area (Å²) in [6.07, 6.45) is 27.6. The zero-order valence-electron chi connectivity index (χ0n) is 24.8. The summed E-state index contributed by atoms with van der Waals surface area (Å²) >= 11 is 3.53. The molecule has 0 saturated heterocycles. The van der Waals surface area contributed by atoms with E-state index in [0.29, 0.717) is 18.9 Å². The maximum atomic E-state index is 12.3. The number of hydrogen-bond donors (Lipinski definition) is 0. The van der Waals surface area contributed by atoms with E-state index in [2.05, 4.69) is 41.6 Å². The Kier molecular flexibility index (Phi) is 29.4. The quantitative estimate of drug-likeness (QED) is 0.0506. The van der Waals surface area contributed by atoms with Crippen molar-refractivity contribution in [2.45, 2.75) is 162 Å². The van der Waals surface area contributed by atoms with Crippen molar-refractivity contribution in [2.24, 2.45) is 5.92 Å². The molecule has 0 rings (SSSR count). The molecule has 4 heteroatoms. The number of esters is 1. The second-order valence-electron chi connectivity index (χ2n) is 11.1. The number of unbranched alkanes of at least 4 members (excludes halogenated alkanes) is 14. The number of hydrogen-bond acceptors (Lipinski definition) is 3. The molecule has 216 valence electrons. The molecule has 1 atom stereocenters. The van der Waals surface area contributed by atoms with Gasteiger partial charge in [0.05, 0.1) is 6.61 Å². The van der Waals surface area contributed by atoms with Gasteiger partial charge in [0, 0.05) is 11.8 Å². The van der Waals surface area contributed by atoms with Crippen molar-refractivity contribution in [2.75, 3.05) is 31.6 Å². The molecule has 3 nitrogen and oxygen atoms in total. The zero-order chi connectivity index (χ0) is 26.5. The molecule has 1 unspecified atom stereocenters. The van der Waals surface area contributed by atoms with Gasteiger partial charge in [-0.1, -0.05) is 127 Å². The third-order valence-electron chi connectivity index (χ3n) is 7.45. The fraction of sp³-hybridized carbons (Fsp3) is 0.969. The zero-order valence-corrected chi connectivity index (χ0v) is 26.4. The summed E-state index contributed by atoms with van der Waals surface area (Å²) < 4.78 is 5.71. The van der Waals surface area contributed by atoms with Crippen LogP contribution in [0.3, 0.4) is 0 Å². The van der Waals surface area contributed by atoms with Crippen LogP contribution in [0.25, 0.3) is 0 Å². The summed E-state index contributed by atoms with van der Waals surface area (Å²) in [6.45, 7) is 11.1. The Balaban J connectivity index is 4.07. The molecular weight excluding hydrogens is 510 g/mol. The number of nitrogens with zero attached hydrogens (tertiary/aromatic N) is 1. The Morgan fingerprint density at radius 3 is 1.67 bits per heavy atom. The fourth-order valence-corrected chi connectivity index (χ4v) is 5.36. The lowest BCUT2D eigenvalue weighted by molar-refractivity contribution is -0.145. The van der Waals surface area contributed by atoms with Crippen LogP contribution in [0.5, 0.6) is 0 Å². The van der Waals surface area contributed by atoms with E-state index < -0.39 is 0 Å². The summed E-state index contributed by atoms with van der Waals surface area (Å²) in [5.41, 5.74) is 0. The van der Waals surface area contributed by atoms with Crippen molar-refractivity contribution >= 4 is 21.9 Å². The van der Waals surface area contributed by atoms with Crippen molar-refractivity contribution in [3.63, 3.8) is 0 Å². The van der Waals surface area contributed by atoms with Crippen molar-refractivity contribution in [1.29, 1.82) is 0 Å². The Hall–Kier alpha value is -0.0900. The monoisotopic (exact) mass is 573 g/mol. The van der Waals surface area contributed by atoms with Gasteiger partial charge in [0.1, 0.15) is 0 Å². The van der Waals surface area contributed by atoms with Gasteiger partial charge in [0.2, 0.25) is 0 Å². The number of halogens is 1. The van der Waals surface area contributed by atoms with Crippen molar-refractivity contribution < 1.29 is 9.53 Å². The normalized spacial score (nSPS) is 12.4. The summed E-state index contributed by atoms with van der Waals surface area (Å²) in [4.78, 5) is 15.0. The maximum Gasteiger partial charge on any atom is 0.305 e. The third kappa shape index (κ3) is 25.6. The van der Waals surface area contributed by atoms with E-state index in [1.807, 2.05) is 0 Å². The number of carbonyl (C=O) groups is 1. The van der Waals surface area contributed by atoms with Crippen LogP contribution in [0.15, 0.2) is 0 Å². The van der Waals surface area contributed by atoms with Crippen LogP contribution in [0.4, 0.5) is 0 Å². The van der Waals surface area contributed by atoms with Crippen molar-refractivity contribution in [1.82, 2.24) is 4.90 Å². The summed E-state index contributed by atoms with van der Waals surface area (Å²) in [5.74, 6) is 0.595. The molecule has 0 aliphatic rings. The summed E-state index contributed by atoms with van der Waals surface area (Å²) in [5, 5.41) is 1.15. The molecule has 0 fully saturated rings. The second kappa shape index (κ2) is 29.5. The third-order valence-corrected chi connectivity index (χ3v) is 8.01. The highest BCUT2D eigenvalue weighted by Gasteiger charge is 2.12. The predicted octanol–water partition coefficient (Wildman–Crippen LogP) is 10.5. The first kappa shape index (κ1) is 35.9. The maximum absolute atomic E-state index is 12.3. The molecule has 0 aromatic carbocycles. The van der Waals surface area contributed by atoms with Crippen LogP contribution < -0.4 is 0 Å². The van der Waals surface area contributed by atoms with Gasteiger partial charge in [-0.25, -0.2) is 0 Å². The molecule has 0 heterocycles. The second-order valence-corrected chi connectivity index (χ2v) is 11.9. The first-order valence-electron chi connectivity index (χ1n) is 16.1. The molecule has 0 aliphatic heterocycles. The van der Waals surface area contributed by atoms with E-state index in [0.717, 1.165) is 18.2 Å². The molecule has 0 N–H and O–H groups in total. The number of carbonyl (C=O) groups excluding carboxylic acids is 1. The van der Waals surface area contributed by atoms with E-state index in [1.165, 1.54) is 142 Å². The summed E-state index contributed by atoms with van der Waals surface area (Å²) in [6, 6.07) is 0. The van der Waals surface area contributed by atoms with E-state index in [1.54, 1.807) is 0 Å². The van der Waals surface area contributed by atoms with E-state index >= 15 is 0 Å². The highest BCUT2D eigenvalue weighted by atomic mass is 79.9. The highest BCUT2D eigenvalue weighted by Crippen LogP contribution is 2.18.